The standard InChI is InChI=1S/C19H17N3O3/c1-12-11-22(18-16(12)4-3-9-20-18)15-7-5-14(6-8-15)10-17(19(24)25)21-13(2)23/h3-11H,1-2H3,(H,21,23)(H,24,25). The molecule has 2 aromatic heterocycles. The topological polar surface area (TPSA) is 84.2 Å². The number of fused-ring (bicyclic) bond motifs is 1. The highest BCUT2D eigenvalue weighted by molar-refractivity contribution is 5.96. The number of nitrogens with one attached hydrogen (secondary N) is 1. The lowest BCUT2D eigenvalue weighted by Gasteiger charge is -2.06. The maximum absolute atomic E-state index is 11.2. The van der Waals surface area contributed by atoms with Crippen LogP contribution in [0.15, 0.2) is 54.5 Å². The number of carboxylic acid groups (broad SMARTS) is 1. The van der Waals surface area contributed by atoms with Gasteiger partial charge in [0.15, 0.2) is 0 Å². The van der Waals surface area contributed by atoms with Gasteiger partial charge in [-0.1, -0.05) is 12.1 Å². The molecular formula is C19H17N3O3. The monoisotopic (exact) mass is 335 g/mol. The Balaban J connectivity index is 1.97. The second-order valence-corrected chi connectivity index (χ2v) is 5.69. The molecule has 6 nitrogen and oxygen atoms in total. The van der Waals surface area contributed by atoms with Gasteiger partial charge in [-0.05, 0) is 48.4 Å². The number of carboxylic acids is 1. The van der Waals surface area contributed by atoms with Gasteiger partial charge >= 0.3 is 5.97 Å². The lowest BCUT2D eigenvalue weighted by molar-refractivity contribution is -0.134. The van der Waals surface area contributed by atoms with E-state index in [-0.39, 0.29) is 5.70 Å². The van der Waals surface area contributed by atoms with Crippen molar-refractivity contribution in [1.29, 1.82) is 0 Å². The van der Waals surface area contributed by atoms with E-state index in [4.69, 9.17) is 5.11 Å². The zero-order valence-electron chi connectivity index (χ0n) is 13.9. The van der Waals surface area contributed by atoms with Crippen molar-refractivity contribution in [2.75, 3.05) is 0 Å². The summed E-state index contributed by atoms with van der Waals surface area (Å²) in [5.41, 5.74) is 3.43. The third kappa shape index (κ3) is 3.42. The highest BCUT2D eigenvalue weighted by Crippen LogP contribution is 2.23. The van der Waals surface area contributed by atoms with Crippen LogP contribution in [-0.4, -0.2) is 26.5 Å². The number of hydrogen-bond acceptors (Lipinski definition) is 3. The van der Waals surface area contributed by atoms with Gasteiger partial charge in [0, 0.05) is 30.4 Å². The largest absolute Gasteiger partial charge is 0.477 e. The lowest BCUT2D eigenvalue weighted by Crippen LogP contribution is -2.24. The smallest absolute Gasteiger partial charge is 0.352 e. The van der Waals surface area contributed by atoms with Crippen molar-refractivity contribution in [3.8, 4) is 5.69 Å². The number of aliphatic carboxylic acids is 1. The van der Waals surface area contributed by atoms with E-state index in [1.54, 1.807) is 18.3 Å². The second-order valence-electron chi connectivity index (χ2n) is 5.69. The molecule has 2 N–H and O–H groups in total. The third-order valence-corrected chi connectivity index (χ3v) is 3.79. The summed E-state index contributed by atoms with van der Waals surface area (Å²) in [7, 11) is 0. The Morgan fingerprint density at radius 1 is 1.20 bits per heavy atom. The van der Waals surface area contributed by atoms with Crippen molar-refractivity contribution >= 4 is 29.0 Å². The number of rotatable bonds is 4. The average Bonchev–Trinajstić information content (AvgIpc) is 2.92. The Hall–Kier alpha value is -3.41. The minimum absolute atomic E-state index is 0.163. The van der Waals surface area contributed by atoms with Crippen molar-refractivity contribution in [3.63, 3.8) is 0 Å². The van der Waals surface area contributed by atoms with Crippen LogP contribution in [0.25, 0.3) is 22.8 Å². The molecular weight excluding hydrogens is 318 g/mol. The average molecular weight is 335 g/mol. The van der Waals surface area contributed by atoms with Gasteiger partial charge in [-0.15, -0.1) is 0 Å². The Morgan fingerprint density at radius 2 is 1.92 bits per heavy atom. The Bertz CT molecular complexity index is 985. The van der Waals surface area contributed by atoms with E-state index in [0.29, 0.717) is 5.56 Å². The number of hydrogen-bond donors (Lipinski definition) is 2. The first-order chi connectivity index (χ1) is 12.0. The summed E-state index contributed by atoms with van der Waals surface area (Å²) in [6.07, 6.45) is 5.19. The summed E-state index contributed by atoms with van der Waals surface area (Å²) >= 11 is 0. The lowest BCUT2D eigenvalue weighted by atomic mass is 10.1. The summed E-state index contributed by atoms with van der Waals surface area (Å²) < 4.78 is 1.99. The van der Waals surface area contributed by atoms with Gasteiger partial charge in [-0.2, -0.15) is 0 Å². The predicted molar refractivity (Wildman–Crippen MR) is 95.2 cm³/mol. The number of pyridine rings is 1. The molecule has 6 heteroatoms. The van der Waals surface area contributed by atoms with Crippen LogP contribution < -0.4 is 5.32 Å². The zero-order chi connectivity index (χ0) is 18.0. The van der Waals surface area contributed by atoms with E-state index in [1.807, 2.05) is 42.0 Å². The van der Waals surface area contributed by atoms with E-state index < -0.39 is 11.9 Å². The van der Waals surface area contributed by atoms with Crippen molar-refractivity contribution in [3.05, 3.63) is 65.6 Å². The highest BCUT2D eigenvalue weighted by atomic mass is 16.4. The van der Waals surface area contributed by atoms with Crippen LogP contribution in [0.1, 0.15) is 18.1 Å². The molecule has 0 bridgehead atoms. The number of benzene rings is 1. The van der Waals surface area contributed by atoms with Gasteiger partial charge in [0.05, 0.1) is 0 Å². The van der Waals surface area contributed by atoms with E-state index in [0.717, 1.165) is 22.3 Å². The number of carbonyl (C=O) groups excluding carboxylic acids is 1. The van der Waals surface area contributed by atoms with Crippen molar-refractivity contribution in [1.82, 2.24) is 14.9 Å². The minimum atomic E-state index is -1.18. The summed E-state index contributed by atoms with van der Waals surface area (Å²) in [6, 6.07) is 11.3. The van der Waals surface area contributed by atoms with Crippen LogP contribution in [0.5, 0.6) is 0 Å². The molecule has 0 aliphatic heterocycles. The summed E-state index contributed by atoms with van der Waals surface area (Å²) in [6.45, 7) is 3.30. The van der Waals surface area contributed by atoms with Crippen LogP contribution in [0.3, 0.4) is 0 Å². The van der Waals surface area contributed by atoms with E-state index >= 15 is 0 Å². The first kappa shape index (κ1) is 16.4. The van der Waals surface area contributed by atoms with Gasteiger partial charge in [-0.25, -0.2) is 9.78 Å². The fourth-order valence-corrected chi connectivity index (χ4v) is 2.66. The van der Waals surface area contributed by atoms with Gasteiger partial charge < -0.3 is 15.0 Å². The molecule has 3 rings (SSSR count). The Labute approximate surface area is 144 Å². The predicted octanol–water partition coefficient (Wildman–Crippen LogP) is 2.90. The second kappa shape index (κ2) is 6.60. The molecule has 3 aromatic rings. The molecule has 0 radical (unpaired) electrons. The molecule has 0 fully saturated rings. The quantitative estimate of drug-likeness (QED) is 0.718. The fraction of sp³-hybridized carbons (Fsp3) is 0.105. The molecule has 1 amide bonds. The molecule has 126 valence electrons. The highest BCUT2D eigenvalue weighted by Gasteiger charge is 2.10. The first-order valence-electron chi connectivity index (χ1n) is 7.71. The van der Waals surface area contributed by atoms with Crippen LogP contribution in [0.2, 0.25) is 0 Å². The summed E-state index contributed by atoms with van der Waals surface area (Å²) in [4.78, 5) is 26.7. The van der Waals surface area contributed by atoms with Gasteiger partial charge in [0.2, 0.25) is 5.91 Å². The Morgan fingerprint density at radius 3 is 2.56 bits per heavy atom. The molecule has 1 aromatic carbocycles. The Kier molecular flexibility index (Phi) is 4.35. The number of aryl methyl sites for hydroxylation is 1. The normalized spacial score (nSPS) is 11.5. The van der Waals surface area contributed by atoms with E-state index in [2.05, 4.69) is 10.3 Å². The number of aromatic nitrogens is 2. The van der Waals surface area contributed by atoms with E-state index in [9.17, 15) is 9.59 Å². The maximum atomic E-state index is 11.2. The number of carbonyl (C=O) groups is 2. The number of amides is 1. The van der Waals surface area contributed by atoms with Crippen molar-refractivity contribution < 1.29 is 14.7 Å². The fourth-order valence-electron chi connectivity index (χ4n) is 2.66. The van der Waals surface area contributed by atoms with Crippen LogP contribution in [0, 0.1) is 6.92 Å². The SMILES string of the molecule is CC(=O)NC(=Cc1ccc(-n2cc(C)c3cccnc32)cc1)C(=O)O. The van der Waals surface area contributed by atoms with Gasteiger partial charge in [0.25, 0.3) is 0 Å². The molecule has 0 aliphatic rings. The summed E-state index contributed by atoms with van der Waals surface area (Å²) in [5, 5.41) is 12.5. The van der Waals surface area contributed by atoms with Crippen molar-refractivity contribution in [2.24, 2.45) is 0 Å². The summed E-state index contributed by atoms with van der Waals surface area (Å²) in [5.74, 6) is -1.61. The molecule has 0 saturated heterocycles. The van der Waals surface area contributed by atoms with Gasteiger partial charge in [-0.3, -0.25) is 4.79 Å². The van der Waals surface area contributed by atoms with Crippen molar-refractivity contribution in [2.45, 2.75) is 13.8 Å². The minimum Gasteiger partial charge on any atom is -0.477 e. The maximum Gasteiger partial charge on any atom is 0.352 e. The number of nitrogens with zero attached hydrogens (tertiary/aromatic N) is 2. The molecule has 0 atom stereocenters. The molecule has 0 saturated carbocycles. The molecule has 0 unspecified atom stereocenters. The van der Waals surface area contributed by atoms with Gasteiger partial charge in [0.1, 0.15) is 11.3 Å². The molecule has 2 heterocycles. The molecule has 0 spiro atoms. The van der Waals surface area contributed by atoms with E-state index in [1.165, 1.54) is 13.0 Å². The molecule has 25 heavy (non-hydrogen) atoms. The van der Waals surface area contributed by atoms with Crippen LogP contribution >= 0.6 is 0 Å². The zero-order valence-corrected chi connectivity index (χ0v) is 13.9. The van der Waals surface area contributed by atoms with Crippen LogP contribution in [-0.2, 0) is 9.59 Å². The van der Waals surface area contributed by atoms with Crippen LogP contribution in [0.4, 0.5) is 0 Å². The molecule has 0 aliphatic carbocycles. The first-order valence-corrected chi connectivity index (χ1v) is 7.71. The third-order valence-electron chi connectivity index (χ3n) is 3.79.